The van der Waals surface area contributed by atoms with Gasteiger partial charge in [0.2, 0.25) is 0 Å². The maximum absolute atomic E-state index is 5.63. The van der Waals surface area contributed by atoms with Gasteiger partial charge in [-0.1, -0.05) is 38.1 Å². The number of aliphatic imine (C=N–C) groups is 1. The monoisotopic (exact) mass is 416 g/mol. The summed E-state index contributed by atoms with van der Waals surface area (Å²) in [6.45, 7) is 8.94. The summed E-state index contributed by atoms with van der Waals surface area (Å²) < 4.78 is 0. The van der Waals surface area contributed by atoms with E-state index in [0.29, 0.717) is 5.96 Å². The summed E-state index contributed by atoms with van der Waals surface area (Å²) in [5, 5.41) is 3.08. The molecule has 2 atom stereocenters. The van der Waals surface area contributed by atoms with Gasteiger partial charge in [-0.3, -0.25) is 9.89 Å². The van der Waals surface area contributed by atoms with Crippen molar-refractivity contribution in [2.45, 2.75) is 33.4 Å². The number of nitrogens with zero attached hydrogens (tertiary/aromatic N) is 2. The van der Waals surface area contributed by atoms with Crippen LogP contribution in [0.4, 0.5) is 0 Å². The van der Waals surface area contributed by atoms with Crippen LogP contribution in [0.2, 0.25) is 0 Å². The molecule has 2 rings (SSSR count). The summed E-state index contributed by atoms with van der Waals surface area (Å²) in [5.74, 6) is 2.11. The van der Waals surface area contributed by atoms with Crippen LogP contribution in [0, 0.1) is 11.8 Å². The third kappa shape index (κ3) is 6.12. The van der Waals surface area contributed by atoms with Gasteiger partial charge in [0.1, 0.15) is 0 Å². The standard InChI is InChI=1S/C17H28N4.HI/c1-13-8-14(2)11-21(10-13)12-16-6-4-15(5-7-16)9-20-17(18)19-3;/h4-7,13-14H,8-12H2,1-3H3,(H3,18,19,20);1H. The third-order valence-electron chi connectivity index (χ3n) is 4.09. The quantitative estimate of drug-likeness (QED) is 0.451. The Labute approximate surface area is 151 Å². The zero-order chi connectivity index (χ0) is 15.2. The molecule has 1 aromatic carbocycles. The average molecular weight is 416 g/mol. The number of rotatable bonds is 4. The number of guanidine groups is 1. The Morgan fingerprint density at radius 1 is 1.18 bits per heavy atom. The van der Waals surface area contributed by atoms with Crippen LogP contribution in [0.25, 0.3) is 0 Å². The first-order valence-corrected chi connectivity index (χ1v) is 7.83. The second kappa shape index (κ2) is 9.35. The number of likely N-dealkylation sites (tertiary alicyclic amines) is 1. The van der Waals surface area contributed by atoms with Gasteiger partial charge < -0.3 is 11.1 Å². The molecule has 1 saturated heterocycles. The van der Waals surface area contributed by atoms with Gasteiger partial charge in [0.05, 0.1) is 0 Å². The molecule has 22 heavy (non-hydrogen) atoms. The van der Waals surface area contributed by atoms with E-state index in [1.807, 2.05) is 0 Å². The molecule has 0 aromatic heterocycles. The molecule has 5 heteroatoms. The highest BCUT2D eigenvalue weighted by atomic mass is 127. The lowest BCUT2D eigenvalue weighted by molar-refractivity contribution is 0.134. The third-order valence-corrected chi connectivity index (χ3v) is 4.09. The molecule has 1 aliphatic rings. The number of hydrogen-bond donors (Lipinski definition) is 2. The fourth-order valence-electron chi connectivity index (χ4n) is 3.21. The van der Waals surface area contributed by atoms with E-state index in [2.05, 4.69) is 53.3 Å². The molecule has 1 aliphatic heterocycles. The summed E-state index contributed by atoms with van der Waals surface area (Å²) in [6.07, 6.45) is 1.36. The van der Waals surface area contributed by atoms with Gasteiger partial charge in [0.25, 0.3) is 0 Å². The predicted octanol–water partition coefficient (Wildman–Crippen LogP) is 2.82. The van der Waals surface area contributed by atoms with Gasteiger partial charge in [0, 0.05) is 33.2 Å². The normalized spacial score (nSPS) is 23.0. The highest BCUT2D eigenvalue weighted by Gasteiger charge is 2.21. The van der Waals surface area contributed by atoms with Gasteiger partial charge in [-0.25, -0.2) is 0 Å². The molecule has 1 heterocycles. The molecule has 124 valence electrons. The fraction of sp³-hybridized carbons (Fsp3) is 0.588. The number of nitrogens with two attached hydrogens (primary N) is 1. The largest absolute Gasteiger partial charge is 0.370 e. The second-order valence-corrected chi connectivity index (χ2v) is 6.42. The van der Waals surface area contributed by atoms with Crippen molar-refractivity contribution in [3.05, 3.63) is 35.4 Å². The molecule has 0 saturated carbocycles. The number of piperidine rings is 1. The molecule has 0 spiro atoms. The zero-order valence-electron chi connectivity index (χ0n) is 13.9. The van der Waals surface area contributed by atoms with Gasteiger partial charge >= 0.3 is 0 Å². The maximum atomic E-state index is 5.63. The molecular weight excluding hydrogens is 387 g/mol. The molecule has 0 bridgehead atoms. The molecule has 4 nitrogen and oxygen atoms in total. The summed E-state index contributed by atoms with van der Waals surface area (Å²) in [4.78, 5) is 6.47. The van der Waals surface area contributed by atoms with E-state index >= 15 is 0 Å². The van der Waals surface area contributed by atoms with E-state index in [1.165, 1.54) is 30.6 Å². The van der Waals surface area contributed by atoms with Gasteiger partial charge in [-0.2, -0.15) is 0 Å². The molecule has 0 aliphatic carbocycles. The van der Waals surface area contributed by atoms with Crippen LogP contribution in [0.3, 0.4) is 0 Å². The summed E-state index contributed by atoms with van der Waals surface area (Å²) in [5.41, 5.74) is 8.25. The molecule has 0 radical (unpaired) electrons. The first-order chi connectivity index (χ1) is 10.1. The van der Waals surface area contributed by atoms with Crippen molar-refractivity contribution in [3.8, 4) is 0 Å². The Bertz CT molecular complexity index is 462. The van der Waals surface area contributed by atoms with Crippen molar-refractivity contribution < 1.29 is 0 Å². The van der Waals surface area contributed by atoms with Crippen LogP contribution in [0.5, 0.6) is 0 Å². The van der Waals surface area contributed by atoms with Crippen LogP contribution < -0.4 is 11.1 Å². The SMILES string of the molecule is CN=C(N)NCc1ccc(CN2CC(C)CC(C)C2)cc1.I. The van der Waals surface area contributed by atoms with Crippen LogP contribution in [0.1, 0.15) is 31.4 Å². The maximum Gasteiger partial charge on any atom is 0.188 e. The topological polar surface area (TPSA) is 53.6 Å². The van der Waals surface area contributed by atoms with Crippen molar-refractivity contribution in [1.29, 1.82) is 0 Å². The van der Waals surface area contributed by atoms with E-state index in [0.717, 1.165) is 24.9 Å². The smallest absolute Gasteiger partial charge is 0.188 e. The molecule has 3 N–H and O–H groups in total. The summed E-state index contributed by atoms with van der Waals surface area (Å²) >= 11 is 0. The van der Waals surface area contributed by atoms with Gasteiger partial charge in [-0.05, 0) is 29.4 Å². The Morgan fingerprint density at radius 2 is 1.73 bits per heavy atom. The molecule has 1 aromatic rings. The van der Waals surface area contributed by atoms with Crippen LogP contribution in [0.15, 0.2) is 29.3 Å². The molecule has 1 fully saturated rings. The zero-order valence-corrected chi connectivity index (χ0v) is 16.2. The Hall–Kier alpha value is -0.820. The number of benzene rings is 1. The van der Waals surface area contributed by atoms with E-state index in [9.17, 15) is 0 Å². The minimum atomic E-state index is 0. The minimum absolute atomic E-state index is 0. The highest BCUT2D eigenvalue weighted by Crippen LogP contribution is 2.22. The lowest BCUT2D eigenvalue weighted by Crippen LogP contribution is -2.38. The van der Waals surface area contributed by atoms with E-state index in [1.54, 1.807) is 7.05 Å². The first-order valence-electron chi connectivity index (χ1n) is 7.83. The number of nitrogens with one attached hydrogen (secondary N) is 1. The van der Waals surface area contributed by atoms with E-state index in [4.69, 9.17) is 5.73 Å². The average Bonchev–Trinajstić information content (AvgIpc) is 2.45. The highest BCUT2D eigenvalue weighted by molar-refractivity contribution is 14.0. The molecule has 0 amide bonds. The number of halogens is 1. The predicted molar refractivity (Wildman–Crippen MR) is 104 cm³/mol. The van der Waals surface area contributed by atoms with Crippen molar-refractivity contribution in [2.24, 2.45) is 22.6 Å². The number of hydrogen-bond acceptors (Lipinski definition) is 2. The van der Waals surface area contributed by atoms with Gasteiger partial charge in [0.15, 0.2) is 5.96 Å². The lowest BCUT2D eigenvalue weighted by Gasteiger charge is -2.35. The van der Waals surface area contributed by atoms with E-state index < -0.39 is 0 Å². The van der Waals surface area contributed by atoms with Gasteiger partial charge in [-0.15, -0.1) is 24.0 Å². The minimum Gasteiger partial charge on any atom is -0.370 e. The Morgan fingerprint density at radius 3 is 2.27 bits per heavy atom. The second-order valence-electron chi connectivity index (χ2n) is 6.42. The Kier molecular flexibility index (Phi) is 8.17. The summed E-state index contributed by atoms with van der Waals surface area (Å²) in [7, 11) is 1.69. The summed E-state index contributed by atoms with van der Waals surface area (Å²) in [6, 6.07) is 8.78. The fourth-order valence-corrected chi connectivity index (χ4v) is 3.21. The van der Waals surface area contributed by atoms with Crippen molar-refractivity contribution in [1.82, 2.24) is 10.2 Å². The van der Waals surface area contributed by atoms with Crippen molar-refractivity contribution in [3.63, 3.8) is 0 Å². The lowest BCUT2D eigenvalue weighted by atomic mass is 9.91. The van der Waals surface area contributed by atoms with E-state index in [-0.39, 0.29) is 24.0 Å². The Balaban J connectivity index is 0.00000242. The van der Waals surface area contributed by atoms with Crippen LogP contribution in [-0.2, 0) is 13.1 Å². The van der Waals surface area contributed by atoms with Crippen molar-refractivity contribution in [2.75, 3.05) is 20.1 Å². The molecular formula is C17H29IN4. The van der Waals surface area contributed by atoms with Crippen LogP contribution >= 0.6 is 24.0 Å². The molecule has 2 unspecified atom stereocenters. The van der Waals surface area contributed by atoms with Crippen LogP contribution in [-0.4, -0.2) is 31.0 Å². The van der Waals surface area contributed by atoms with Crippen molar-refractivity contribution >= 4 is 29.9 Å². The first kappa shape index (κ1) is 19.2.